The Bertz CT molecular complexity index is 1270. The van der Waals surface area contributed by atoms with Crippen LogP contribution < -0.4 is 5.43 Å². The molecule has 0 atom stereocenters. The first-order valence-corrected chi connectivity index (χ1v) is 7.63. The van der Waals surface area contributed by atoms with Crippen LogP contribution in [0, 0.1) is 0 Å². The summed E-state index contributed by atoms with van der Waals surface area (Å²) >= 11 is 0. The van der Waals surface area contributed by atoms with Crippen molar-refractivity contribution in [2.75, 3.05) is 0 Å². The van der Waals surface area contributed by atoms with Crippen LogP contribution in [0.3, 0.4) is 0 Å². The Balaban J connectivity index is 2.12. The maximum Gasteiger partial charge on any atom is 0.417 e. The van der Waals surface area contributed by atoms with E-state index < -0.39 is 34.3 Å². The van der Waals surface area contributed by atoms with Crippen LogP contribution in [0.5, 0.6) is 0 Å². The van der Waals surface area contributed by atoms with Crippen LogP contribution in [-0.4, -0.2) is 0 Å². The molecule has 1 heterocycles. The van der Waals surface area contributed by atoms with Crippen LogP contribution in [0.1, 0.15) is 11.1 Å². The zero-order chi connectivity index (χ0) is 19.6. The van der Waals surface area contributed by atoms with Gasteiger partial charge in [0, 0.05) is 0 Å². The van der Waals surface area contributed by atoms with E-state index in [4.69, 9.17) is 4.42 Å². The highest BCUT2D eigenvalue weighted by Gasteiger charge is 2.34. The second-order valence-electron chi connectivity index (χ2n) is 6.02. The number of halogens is 6. The minimum Gasteiger partial charge on any atom is -0.456 e. The monoisotopic (exact) mass is 382 g/mol. The van der Waals surface area contributed by atoms with Gasteiger partial charge in [0.05, 0.1) is 21.9 Å². The molecular weight excluding hydrogens is 374 g/mol. The van der Waals surface area contributed by atoms with Gasteiger partial charge < -0.3 is 4.42 Å². The van der Waals surface area contributed by atoms with E-state index in [0.29, 0.717) is 5.39 Å². The predicted molar refractivity (Wildman–Crippen MR) is 87.5 cm³/mol. The first kappa shape index (κ1) is 17.4. The molecule has 4 rings (SSSR count). The lowest BCUT2D eigenvalue weighted by molar-refractivity contribution is -0.137. The van der Waals surface area contributed by atoms with Crippen molar-refractivity contribution < 1.29 is 30.8 Å². The molecule has 0 saturated heterocycles. The molecule has 0 unspecified atom stereocenters. The van der Waals surface area contributed by atoms with Gasteiger partial charge in [-0.1, -0.05) is 12.1 Å². The van der Waals surface area contributed by atoms with Crippen molar-refractivity contribution in [1.29, 1.82) is 0 Å². The summed E-state index contributed by atoms with van der Waals surface area (Å²) in [5.74, 6) is 0. The van der Waals surface area contributed by atoms with Gasteiger partial charge >= 0.3 is 12.4 Å². The van der Waals surface area contributed by atoms with E-state index in [-0.39, 0.29) is 21.9 Å². The fraction of sp³-hybridized carbons (Fsp3) is 0.105. The number of hydrogen-bond acceptors (Lipinski definition) is 2. The van der Waals surface area contributed by atoms with Crippen molar-refractivity contribution in [2.24, 2.45) is 0 Å². The Labute approximate surface area is 146 Å². The van der Waals surface area contributed by atoms with E-state index in [1.54, 1.807) is 0 Å². The summed E-state index contributed by atoms with van der Waals surface area (Å²) in [5.41, 5.74) is -3.26. The molecule has 4 aromatic rings. The SMILES string of the molecule is O=c1c2cc3cc(C(F)(F)F)ccc3cc2oc2cccc(C(F)(F)F)c12. The molecule has 2 nitrogen and oxygen atoms in total. The van der Waals surface area contributed by atoms with Gasteiger partial charge in [-0.15, -0.1) is 0 Å². The fourth-order valence-electron chi connectivity index (χ4n) is 3.05. The van der Waals surface area contributed by atoms with Gasteiger partial charge in [-0.2, -0.15) is 26.3 Å². The summed E-state index contributed by atoms with van der Waals surface area (Å²) < 4.78 is 83.8. The molecule has 0 fully saturated rings. The van der Waals surface area contributed by atoms with Crippen molar-refractivity contribution in [3.05, 3.63) is 69.9 Å². The first-order valence-electron chi connectivity index (χ1n) is 7.63. The fourth-order valence-corrected chi connectivity index (χ4v) is 3.05. The van der Waals surface area contributed by atoms with Crippen molar-refractivity contribution >= 4 is 32.7 Å². The molecule has 0 aliphatic heterocycles. The molecule has 0 amide bonds. The van der Waals surface area contributed by atoms with Crippen LogP contribution >= 0.6 is 0 Å². The summed E-state index contributed by atoms with van der Waals surface area (Å²) in [5, 5.41) is -0.423. The van der Waals surface area contributed by atoms with E-state index in [9.17, 15) is 31.1 Å². The highest BCUT2D eigenvalue weighted by Crippen LogP contribution is 2.36. The Hall–Kier alpha value is -3.03. The number of hydrogen-bond donors (Lipinski definition) is 0. The lowest BCUT2D eigenvalue weighted by atomic mass is 10.0. The van der Waals surface area contributed by atoms with Crippen molar-refractivity contribution in [3.63, 3.8) is 0 Å². The maximum absolute atomic E-state index is 13.2. The van der Waals surface area contributed by atoms with Crippen LogP contribution in [0.2, 0.25) is 0 Å². The lowest BCUT2D eigenvalue weighted by Gasteiger charge is -2.11. The van der Waals surface area contributed by atoms with Crippen molar-refractivity contribution in [3.8, 4) is 0 Å². The van der Waals surface area contributed by atoms with Crippen molar-refractivity contribution in [1.82, 2.24) is 0 Å². The first-order chi connectivity index (χ1) is 12.6. The van der Waals surface area contributed by atoms with Crippen LogP contribution in [0.4, 0.5) is 26.3 Å². The molecular formula is C19H8F6O2. The summed E-state index contributed by atoms with van der Waals surface area (Å²) in [6, 6.07) is 8.52. The summed E-state index contributed by atoms with van der Waals surface area (Å²) in [7, 11) is 0. The second kappa shape index (κ2) is 5.48. The average molecular weight is 382 g/mol. The predicted octanol–water partition coefficient (Wildman–Crippen LogP) is 6.14. The molecule has 0 aliphatic rings. The number of fused-ring (bicyclic) bond motifs is 3. The Kier molecular flexibility index (Phi) is 3.53. The summed E-state index contributed by atoms with van der Waals surface area (Å²) in [6.07, 6.45) is -9.36. The molecule has 0 aliphatic carbocycles. The van der Waals surface area contributed by atoms with Gasteiger partial charge in [-0.05, 0) is 47.2 Å². The van der Waals surface area contributed by atoms with Gasteiger partial charge in [-0.25, -0.2) is 0 Å². The van der Waals surface area contributed by atoms with E-state index >= 15 is 0 Å². The van der Waals surface area contributed by atoms with Gasteiger partial charge in [0.15, 0.2) is 0 Å². The third-order valence-corrected chi connectivity index (χ3v) is 4.29. The molecule has 0 saturated carbocycles. The van der Waals surface area contributed by atoms with E-state index in [1.807, 2.05) is 0 Å². The molecule has 0 radical (unpaired) electrons. The number of alkyl halides is 6. The lowest BCUT2D eigenvalue weighted by Crippen LogP contribution is -2.12. The third kappa shape index (κ3) is 2.81. The Morgan fingerprint density at radius 2 is 1.48 bits per heavy atom. The highest BCUT2D eigenvalue weighted by molar-refractivity contribution is 6.00. The minimum atomic E-state index is -4.78. The van der Waals surface area contributed by atoms with Gasteiger partial charge in [0.2, 0.25) is 5.43 Å². The summed E-state index contributed by atoms with van der Waals surface area (Å²) in [4.78, 5) is 12.7. The average Bonchev–Trinajstić information content (AvgIpc) is 2.58. The molecule has 138 valence electrons. The zero-order valence-electron chi connectivity index (χ0n) is 13.2. The highest BCUT2D eigenvalue weighted by atomic mass is 19.4. The molecule has 8 heteroatoms. The van der Waals surface area contributed by atoms with Crippen LogP contribution in [-0.2, 0) is 12.4 Å². The number of rotatable bonds is 0. The number of benzene rings is 3. The van der Waals surface area contributed by atoms with Gasteiger partial charge in [-0.3, -0.25) is 4.79 Å². The molecule has 27 heavy (non-hydrogen) atoms. The van der Waals surface area contributed by atoms with Gasteiger partial charge in [0.25, 0.3) is 0 Å². The normalized spacial score (nSPS) is 13.0. The molecule has 0 spiro atoms. The van der Waals surface area contributed by atoms with Crippen LogP contribution in [0.15, 0.2) is 57.7 Å². The van der Waals surface area contributed by atoms with Crippen LogP contribution in [0.25, 0.3) is 32.7 Å². The topological polar surface area (TPSA) is 30.2 Å². The van der Waals surface area contributed by atoms with E-state index in [1.165, 1.54) is 18.2 Å². The molecule has 3 aromatic carbocycles. The third-order valence-electron chi connectivity index (χ3n) is 4.29. The maximum atomic E-state index is 13.2. The summed E-state index contributed by atoms with van der Waals surface area (Å²) in [6.45, 7) is 0. The van der Waals surface area contributed by atoms with E-state index in [0.717, 1.165) is 30.3 Å². The van der Waals surface area contributed by atoms with Crippen molar-refractivity contribution in [2.45, 2.75) is 12.4 Å². The van der Waals surface area contributed by atoms with Gasteiger partial charge in [0.1, 0.15) is 11.2 Å². The smallest absolute Gasteiger partial charge is 0.417 e. The Morgan fingerprint density at radius 3 is 2.15 bits per heavy atom. The molecule has 0 N–H and O–H groups in total. The standard InChI is InChI=1S/C19H8F6O2/c20-18(21,22)11-5-4-9-8-15-12(7-10(9)6-11)17(26)16-13(19(23,24)25)2-1-3-14(16)27-15/h1-8H. The second-order valence-corrected chi connectivity index (χ2v) is 6.02. The van der Waals surface area contributed by atoms with E-state index in [2.05, 4.69) is 0 Å². The molecule has 0 bridgehead atoms. The minimum absolute atomic E-state index is 0.000849. The molecule has 1 aromatic heterocycles. The quantitative estimate of drug-likeness (QED) is 0.270. The Morgan fingerprint density at radius 1 is 0.741 bits per heavy atom. The largest absolute Gasteiger partial charge is 0.456 e. The zero-order valence-corrected chi connectivity index (χ0v) is 13.2.